The standard InChI is InChI=1S/C28H19ClN4O6/c29-22-4-3-7-25(33(36)37)27(22)39-21-14-12-19(13-15-21)26(34)17-38-28(35)20-10-8-18(9-11-20)16-32-24-6-2-1-5-23(24)30-31-32/h1-15H,16-17H2. The average molecular weight is 543 g/mol. The van der Waals surface area contributed by atoms with Crippen molar-refractivity contribution >= 4 is 40.1 Å². The van der Waals surface area contributed by atoms with Crippen molar-refractivity contribution in [3.05, 3.63) is 123 Å². The largest absolute Gasteiger partial charge is 0.454 e. The number of fused-ring (bicyclic) bond motifs is 1. The van der Waals surface area contributed by atoms with Gasteiger partial charge in [-0.05, 0) is 60.2 Å². The van der Waals surface area contributed by atoms with Gasteiger partial charge in [-0.2, -0.15) is 0 Å². The van der Waals surface area contributed by atoms with Gasteiger partial charge in [0.2, 0.25) is 5.75 Å². The summed E-state index contributed by atoms with van der Waals surface area (Å²) in [6, 6.07) is 24.5. The van der Waals surface area contributed by atoms with Gasteiger partial charge in [-0.3, -0.25) is 14.9 Å². The lowest BCUT2D eigenvalue weighted by Crippen LogP contribution is -2.14. The number of ketones is 1. The zero-order valence-corrected chi connectivity index (χ0v) is 20.9. The molecule has 11 heteroatoms. The molecule has 5 aromatic rings. The Balaban J connectivity index is 1.17. The summed E-state index contributed by atoms with van der Waals surface area (Å²) in [5.74, 6) is -0.906. The second-order valence-electron chi connectivity index (χ2n) is 8.40. The maximum absolute atomic E-state index is 12.5. The van der Waals surface area contributed by atoms with Gasteiger partial charge in [0.1, 0.15) is 11.3 Å². The van der Waals surface area contributed by atoms with Crippen molar-refractivity contribution in [3.63, 3.8) is 0 Å². The van der Waals surface area contributed by atoms with Gasteiger partial charge in [-0.1, -0.05) is 47.1 Å². The molecule has 4 aromatic carbocycles. The molecule has 194 valence electrons. The molecule has 0 fully saturated rings. The number of ether oxygens (including phenoxy) is 2. The van der Waals surface area contributed by atoms with Gasteiger partial charge in [-0.25, -0.2) is 9.48 Å². The summed E-state index contributed by atoms with van der Waals surface area (Å²) in [4.78, 5) is 35.7. The maximum atomic E-state index is 12.5. The fourth-order valence-corrected chi connectivity index (χ4v) is 4.03. The number of rotatable bonds is 9. The smallest absolute Gasteiger partial charge is 0.338 e. The van der Waals surface area contributed by atoms with Crippen LogP contribution in [0.1, 0.15) is 26.3 Å². The molecular formula is C28H19ClN4O6. The number of para-hydroxylation sites is 2. The molecule has 0 unspecified atom stereocenters. The molecule has 0 atom stereocenters. The summed E-state index contributed by atoms with van der Waals surface area (Å²) in [6.45, 7) is 0.0274. The number of esters is 1. The zero-order valence-electron chi connectivity index (χ0n) is 20.2. The third-order valence-corrected chi connectivity index (χ3v) is 6.11. The fourth-order valence-electron chi connectivity index (χ4n) is 3.82. The van der Waals surface area contributed by atoms with Crippen LogP contribution in [0.15, 0.2) is 91.0 Å². The van der Waals surface area contributed by atoms with Crippen LogP contribution in [0.4, 0.5) is 5.69 Å². The van der Waals surface area contributed by atoms with Gasteiger partial charge >= 0.3 is 11.7 Å². The molecule has 1 aromatic heterocycles. The molecule has 10 nitrogen and oxygen atoms in total. The molecule has 0 N–H and O–H groups in total. The second-order valence-corrected chi connectivity index (χ2v) is 8.81. The molecule has 0 aliphatic carbocycles. The van der Waals surface area contributed by atoms with E-state index in [0.717, 1.165) is 16.6 Å². The lowest BCUT2D eigenvalue weighted by Gasteiger charge is -2.09. The third-order valence-electron chi connectivity index (χ3n) is 5.82. The summed E-state index contributed by atoms with van der Waals surface area (Å²) in [6.07, 6.45) is 0. The first kappa shape index (κ1) is 25.6. The first-order valence-corrected chi connectivity index (χ1v) is 12.0. The number of carbonyl (C=O) groups excluding carboxylic acids is 2. The molecule has 0 bridgehead atoms. The Bertz CT molecular complexity index is 1680. The number of halogens is 1. The number of nitro benzene ring substituents is 1. The number of Topliss-reactive ketones (excluding diaryl/α,β-unsaturated/α-hetero) is 1. The monoisotopic (exact) mass is 542 g/mol. The minimum atomic E-state index is -0.632. The number of benzene rings is 4. The molecule has 39 heavy (non-hydrogen) atoms. The summed E-state index contributed by atoms with van der Waals surface area (Å²) >= 11 is 6.05. The molecule has 0 saturated carbocycles. The highest BCUT2D eigenvalue weighted by Gasteiger charge is 2.19. The van der Waals surface area contributed by atoms with Crippen LogP contribution in [-0.4, -0.2) is 38.3 Å². The maximum Gasteiger partial charge on any atom is 0.338 e. The van der Waals surface area contributed by atoms with E-state index in [-0.39, 0.29) is 27.8 Å². The number of nitro groups is 1. The number of hydrogen-bond donors (Lipinski definition) is 0. The van der Waals surface area contributed by atoms with Crippen LogP contribution in [0, 0.1) is 10.1 Å². The van der Waals surface area contributed by atoms with Gasteiger partial charge < -0.3 is 9.47 Å². The Hall–Kier alpha value is -5.09. The molecule has 0 aliphatic heterocycles. The van der Waals surface area contributed by atoms with Crippen molar-refractivity contribution in [2.24, 2.45) is 0 Å². The minimum Gasteiger partial charge on any atom is -0.454 e. The van der Waals surface area contributed by atoms with Crippen molar-refractivity contribution in [2.75, 3.05) is 6.61 Å². The molecule has 0 aliphatic rings. The predicted octanol–water partition coefficient (Wildman–Crippen LogP) is 5.87. The van der Waals surface area contributed by atoms with Gasteiger partial charge in [0.05, 0.1) is 27.6 Å². The van der Waals surface area contributed by atoms with E-state index in [2.05, 4.69) is 10.3 Å². The van der Waals surface area contributed by atoms with Crippen molar-refractivity contribution in [3.8, 4) is 11.5 Å². The van der Waals surface area contributed by atoms with E-state index in [9.17, 15) is 19.7 Å². The highest BCUT2D eigenvalue weighted by Crippen LogP contribution is 2.37. The van der Waals surface area contributed by atoms with E-state index in [1.165, 1.54) is 42.5 Å². The first-order chi connectivity index (χ1) is 18.9. The molecular weight excluding hydrogens is 524 g/mol. The fraction of sp³-hybridized carbons (Fsp3) is 0.0714. The van der Waals surface area contributed by atoms with Crippen molar-refractivity contribution in [1.82, 2.24) is 15.0 Å². The highest BCUT2D eigenvalue weighted by molar-refractivity contribution is 6.32. The summed E-state index contributed by atoms with van der Waals surface area (Å²) in [5, 5.41) is 19.6. The van der Waals surface area contributed by atoms with Gasteiger partial charge in [-0.15, -0.1) is 5.10 Å². The van der Waals surface area contributed by atoms with Gasteiger partial charge in [0, 0.05) is 11.6 Å². The molecule has 0 spiro atoms. The van der Waals surface area contributed by atoms with Crippen LogP contribution < -0.4 is 4.74 Å². The average Bonchev–Trinajstić information content (AvgIpc) is 3.36. The van der Waals surface area contributed by atoms with Gasteiger partial charge in [0.25, 0.3) is 0 Å². The van der Waals surface area contributed by atoms with Gasteiger partial charge in [0.15, 0.2) is 12.4 Å². The first-order valence-electron chi connectivity index (χ1n) is 11.7. The van der Waals surface area contributed by atoms with E-state index >= 15 is 0 Å². The number of nitrogens with zero attached hydrogens (tertiary/aromatic N) is 4. The quantitative estimate of drug-likeness (QED) is 0.0978. The molecule has 0 amide bonds. The lowest BCUT2D eigenvalue weighted by molar-refractivity contribution is -0.385. The summed E-state index contributed by atoms with van der Waals surface area (Å²) in [7, 11) is 0. The number of hydrogen-bond acceptors (Lipinski definition) is 8. The van der Waals surface area contributed by atoms with E-state index in [0.29, 0.717) is 12.1 Å². The number of carbonyl (C=O) groups is 2. The lowest BCUT2D eigenvalue weighted by atomic mass is 10.1. The normalized spacial score (nSPS) is 10.8. The van der Waals surface area contributed by atoms with Crippen LogP contribution in [0.5, 0.6) is 11.5 Å². The third kappa shape index (κ3) is 5.76. The van der Waals surface area contributed by atoms with E-state index in [1.54, 1.807) is 28.9 Å². The second kappa shape index (κ2) is 11.1. The van der Waals surface area contributed by atoms with Crippen molar-refractivity contribution in [1.29, 1.82) is 0 Å². The topological polar surface area (TPSA) is 126 Å². The Kier molecular flexibility index (Phi) is 7.28. The molecule has 0 radical (unpaired) electrons. The predicted molar refractivity (Wildman–Crippen MR) is 142 cm³/mol. The van der Waals surface area contributed by atoms with E-state index in [4.69, 9.17) is 21.1 Å². The minimum absolute atomic E-state index is 0.0798. The van der Waals surface area contributed by atoms with Crippen LogP contribution in [-0.2, 0) is 11.3 Å². The van der Waals surface area contributed by atoms with E-state index < -0.39 is 23.3 Å². The van der Waals surface area contributed by atoms with Crippen molar-refractivity contribution in [2.45, 2.75) is 6.54 Å². The molecule has 5 rings (SSSR count). The SMILES string of the molecule is O=C(COC(=O)c1ccc(Cn2nnc3ccccc32)cc1)c1ccc(Oc2c(Cl)cccc2[N+](=O)[O-])cc1. The van der Waals surface area contributed by atoms with Crippen molar-refractivity contribution < 1.29 is 24.0 Å². The van der Waals surface area contributed by atoms with Crippen LogP contribution >= 0.6 is 11.6 Å². The zero-order chi connectivity index (χ0) is 27.4. The highest BCUT2D eigenvalue weighted by atomic mass is 35.5. The van der Waals surface area contributed by atoms with Crippen LogP contribution in [0.2, 0.25) is 5.02 Å². The van der Waals surface area contributed by atoms with Crippen LogP contribution in [0.25, 0.3) is 11.0 Å². The Morgan fingerprint density at radius 2 is 1.62 bits per heavy atom. The number of aromatic nitrogens is 3. The summed E-state index contributed by atoms with van der Waals surface area (Å²) < 4.78 is 12.5. The Labute approximate surface area is 226 Å². The molecule has 0 saturated heterocycles. The Morgan fingerprint density at radius 3 is 2.36 bits per heavy atom. The van der Waals surface area contributed by atoms with E-state index in [1.807, 2.05) is 24.3 Å². The Morgan fingerprint density at radius 1 is 0.897 bits per heavy atom. The molecule has 1 heterocycles. The summed E-state index contributed by atoms with van der Waals surface area (Å²) in [5.41, 5.74) is 2.93. The van der Waals surface area contributed by atoms with Crippen LogP contribution in [0.3, 0.4) is 0 Å².